The number of hydrogen-bond donors (Lipinski definition) is 0. The number of aryl methyl sites for hydroxylation is 2. The molecule has 0 saturated heterocycles. The van der Waals surface area contributed by atoms with Crippen LogP contribution < -0.4 is 0 Å². The van der Waals surface area contributed by atoms with Gasteiger partial charge < -0.3 is 0 Å². The van der Waals surface area contributed by atoms with Crippen molar-refractivity contribution < 1.29 is 4.79 Å². The molecule has 0 bridgehead atoms. The Hall–Kier alpha value is -1.38. The van der Waals surface area contributed by atoms with Gasteiger partial charge in [-0.25, -0.2) is 4.68 Å². The van der Waals surface area contributed by atoms with Crippen LogP contribution in [0.25, 0.3) is 0 Å². The smallest absolute Gasteiger partial charge is 0.251 e. The third-order valence-electron chi connectivity index (χ3n) is 3.91. The summed E-state index contributed by atoms with van der Waals surface area (Å²) in [5.41, 5.74) is 3.16. The van der Waals surface area contributed by atoms with Crippen LogP contribution in [-0.4, -0.2) is 15.7 Å². The van der Waals surface area contributed by atoms with Crippen LogP contribution >= 0.6 is 0 Å². The van der Waals surface area contributed by atoms with Crippen LogP contribution in [0.2, 0.25) is 0 Å². The zero-order chi connectivity index (χ0) is 13.7. The third kappa shape index (κ3) is 2.02. The molecule has 3 nitrogen and oxygen atoms in total. The summed E-state index contributed by atoms with van der Waals surface area (Å²) in [6, 6.07) is 1.95. The summed E-state index contributed by atoms with van der Waals surface area (Å²) in [6.07, 6.45) is 2.22. The van der Waals surface area contributed by atoms with Gasteiger partial charge in [0.1, 0.15) is 0 Å². The van der Waals surface area contributed by atoms with Crippen molar-refractivity contribution in [1.29, 1.82) is 0 Å². The minimum absolute atomic E-state index is 0.0562. The Kier molecular flexibility index (Phi) is 2.96. The zero-order valence-electron chi connectivity index (χ0n) is 12.1. The molecule has 1 saturated carbocycles. The molecule has 2 rings (SSSR count). The molecule has 1 aromatic rings. The van der Waals surface area contributed by atoms with Gasteiger partial charge in [-0.1, -0.05) is 25.5 Å². The summed E-state index contributed by atoms with van der Waals surface area (Å²) in [5.74, 6) is 0.539. The number of allylic oxidation sites excluding steroid dienone is 2. The average molecular weight is 246 g/mol. The lowest BCUT2D eigenvalue weighted by atomic mass is 10.1. The summed E-state index contributed by atoms with van der Waals surface area (Å²) in [7, 11) is 0. The van der Waals surface area contributed by atoms with Gasteiger partial charge >= 0.3 is 0 Å². The van der Waals surface area contributed by atoms with Gasteiger partial charge in [0.2, 0.25) is 0 Å². The normalized spacial score (nSPS) is 24.8. The predicted molar refractivity (Wildman–Crippen MR) is 72.5 cm³/mol. The quantitative estimate of drug-likeness (QED) is 0.750. The molecule has 18 heavy (non-hydrogen) atoms. The molecule has 1 aromatic heterocycles. The Labute approximate surface area is 109 Å². The molecule has 0 aromatic carbocycles. The molecule has 0 unspecified atom stereocenters. The first kappa shape index (κ1) is 13.1. The fourth-order valence-electron chi connectivity index (χ4n) is 2.80. The monoisotopic (exact) mass is 246 g/mol. The summed E-state index contributed by atoms with van der Waals surface area (Å²) >= 11 is 0. The highest BCUT2D eigenvalue weighted by Crippen LogP contribution is 2.59. The Morgan fingerprint density at radius 2 is 2.00 bits per heavy atom. The predicted octanol–water partition coefficient (Wildman–Crippen LogP) is 3.38. The molecular weight excluding hydrogens is 224 g/mol. The number of carbonyl (C=O) groups is 1. The molecule has 0 N–H and O–H groups in total. The van der Waals surface area contributed by atoms with Gasteiger partial charge in [0.15, 0.2) is 0 Å². The molecule has 1 heterocycles. The molecular formula is C15H22N2O. The Morgan fingerprint density at radius 1 is 1.39 bits per heavy atom. The molecule has 1 aliphatic rings. The third-order valence-corrected chi connectivity index (χ3v) is 3.91. The van der Waals surface area contributed by atoms with Crippen molar-refractivity contribution in [3.63, 3.8) is 0 Å². The van der Waals surface area contributed by atoms with E-state index in [2.05, 4.69) is 38.9 Å². The Morgan fingerprint density at radius 3 is 2.44 bits per heavy atom. The van der Waals surface area contributed by atoms with Crippen molar-refractivity contribution in [3.05, 3.63) is 29.1 Å². The molecule has 0 radical (unpaired) electrons. The molecule has 0 aliphatic heterocycles. The number of nitrogens with zero attached hydrogens (tertiary/aromatic N) is 2. The lowest BCUT2D eigenvalue weighted by molar-refractivity contribution is 0.0849. The topological polar surface area (TPSA) is 34.9 Å². The van der Waals surface area contributed by atoms with Crippen LogP contribution in [0.5, 0.6) is 0 Å². The molecule has 2 atom stereocenters. The maximum Gasteiger partial charge on any atom is 0.251 e. The van der Waals surface area contributed by atoms with Crippen LogP contribution in [-0.2, 0) is 0 Å². The first-order valence-corrected chi connectivity index (χ1v) is 6.47. The maximum absolute atomic E-state index is 12.5. The second-order valence-electron chi connectivity index (χ2n) is 6.25. The number of aromatic nitrogens is 2. The summed E-state index contributed by atoms with van der Waals surface area (Å²) in [5, 5.41) is 4.30. The van der Waals surface area contributed by atoms with E-state index in [9.17, 15) is 4.79 Å². The van der Waals surface area contributed by atoms with E-state index in [-0.39, 0.29) is 17.2 Å². The zero-order valence-corrected chi connectivity index (χ0v) is 12.1. The molecule has 98 valence electrons. The van der Waals surface area contributed by atoms with E-state index in [1.807, 2.05) is 19.9 Å². The van der Waals surface area contributed by atoms with E-state index >= 15 is 0 Å². The van der Waals surface area contributed by atoms with Crippen LogP contribution in [0, 0.1) is 31.1 Å². The molecule has 1 fully saturated rings. The standard InChI is InChI=1S/C15H22N2O/c1-9(2)7-12-13(15(12,5)6)14(18)17-11(4)8-10(3)16-17/h7-8,12-13H,1-6H3/t12-,13+/m0/s1. The molecule has 0 spiro atoms. The fourth-order valence-corrected chi connectivity index (χ4v) is 2.80. The van der Waals surface area contributed by atoms with Crippen LogP contribution in [0.4, 0.5) is 0 Å². The van der Waals surface area contributed by atoms with Gasteiger partial charge in [0.05, 0.1) is 11.6 Å². The molecule has 0 amide bonds. The number of rotatable bonds is 2. The van der Waals surface area contributed by atoms with Gasteiger partial charge in [0.25, 0.3) is 5.91 Å². The van der Waals surface area contributed by atoms with E-state index in [4.69, 9.17) is 0 Å². The number of hydrogen-bond acceptors (Lipinski definition) is 2. The second kappa shape index (κ2) is 4.08. The van der Waals surface area contributed by atoms with Crippen LogP contribution in [0.1, 0.15) is 43.9 Å². The van der Waals surface area contributed by atoms with Crippen molar-refractivity contribution in [1.82, 2.24) is 9.78 Å². The lowest BCUT2D eigenvalue weighted by Gasteiger charge is -2.03. The minimum Gasteiger partial charge on any atom is -0.272 e. The first-order chi connectivity index (χ1) is 8.25. The van der Waals surface area contributed by atoms with Crippen LogP contribution in [0.15, 0.2) is 17.7 Å². The van der Waals surface area contributed by atoms with Crippen molar-refractivity contribution >= 4 is 5.91 Å². The molecule has 1 aliphatic carbocycles. The lowest BCUT2D eigenvalue weighted by Crippen LogP contribution is -2.18. The highest BCUT2D eigenvalue weighted by molar-refractivity contribution is 5.85. The van der Waals surface area contributed by atoms with Crippen molar-refractivity contribution in [2.75, 3.05) is 0 Å². The maximum atomic E-state index is 12.5. The summed E-state index contributed by atoms with van der Waals surface area (Å²) in [6.45, 7) is 12.3. The highest BCUT2D eigenvalue weighted by atomic mass is 16.2. The SMILES string of the molecule is CC(C)=C[C@H]1[C@H](C(=O)n2nc(C)cc2C)C1(C)C. The number of carbonyl (C=O) groups excluding carboxylic acids is 1. The Balaban J connectivity index is 2.27. The first-order valence-electron chi connectivity index (χ1n) is 6.47. The van der Waals surface area contributed by atoms with Gasteiger partial charge in [-0.2, -0.15) is 5.10 Å². The van der Waals surface area contributed by atoms with Crippen LogP contribution in [0.3, 0.4) is 0 Å². The van der Waals surface area contributed by atoms with Gasteiger partial charge in [0, 0.05) is 5.69 Å². The van der Waals surface area contributed by atoms with Gasteiger partial charge in [-0.05, 0) is 45.1 Å². The van der Waals surface area contributed by atoms with Crippen molar-refractivity contribution in [2.45, 2.75) is 41.5 Å². The largest absolute Gasteiger partial charge is 0.272 e. The fraction of sp³-hybridized carbons (Fsp3) is 0.600. The van der Waals surface area contributed by atoms with E-state index in [1.165, 1.54) is 5.57 Å². The van der Waals surface area contributed by atoms with Crippen molar-refractivity contribution in [3.8, 4) is 0 Å². The van der Waals surface area contributed by atoms with Gasteiger partial charge in [-0.15, -0.1) is 0 Å². The summed E-state index contributed by atoms with van der Waals surface area (Å²) < 4.78 is 1.57. The van der Waals surface area contributed by atoms with E-state index < -0.39 is 0 Å². The minimum atomic E-state index is 0.0562. The summed E-state index contributed by atoms with van der Waals surface area (Å²) in [4.78, 5) is 12.5. The van der Waals surface area contributed by atoms with Crippen molar-refractivity contribution in [2.24, 2.45) is 17.3 Å². The molecule has 3 heteroatoms. The average Bonchev–Trinajstić information content (AvgIpc) is 2.58. The second-order valence-corrected chi connectivity index (χ2v) is 6.25. The van der Waals surface area contributed by atoms with E-state index in [0.29, 0.717) is 5.92 Å². The highest BCUT2D eigenvalue weighted by Gasteiger charge is 2.61. The van der Waals surface area contributed by atoms with E-state index in [0.717, 1.165) is 11.4 Å². The van der Waals surface area contributed by atoms with E-state index in [1.54, 1.807) is 4.68 Å². The van der Waals surface area contributed by atoms with Gasteiger partial charge in [-0.3, -0.25) is 4.79 Å². The Bertz CT molecular complexity index is 519.